The first-order valence-corrected chi connectivity index (χ1v) is 6.22. The molecule has 1 aliphatic heterocycles. The molecule has 8 nitrogen and oxygen atoms in total. The van der Waals surface area contributed by atoms with Crippen molar-refractivity contribution in [2.24, 2.45) is 0 Å². The molecule has 0 spiro atoms. The van der Waals surface area contributed by atoms with Crippen molar-refractivity contribution < 1.29 is 19.4 Å². The van der Waals surface area contributed by atoms with E-state index in [9.17, 15) is 9.59 Å². The normalized spacial score (nSPS) is 12.1. The van der Waals surface area contributed by atoms with Crippen molar-refractivity contribution in [1.29, 1.82) is 0 Å². The quantitative estimate of drug-likeness (QED) is 0.575. The van der Waals surface area contributed by atoms with Crippen LogP contribution in [-0.2, 0) is 4.79 Å². The molecule has 0 radical (unpaired) electrons. The van der Waals surface area contributed by atoms with Gasteiger partial charge >= 0.3 is 5.97 Å². The van der Waals surface area contributed by atoms with Crippen LogP contribution in [0.1, 0.15) is 10.4 Å². The third kappa shape index (κ3) is 3.63. The molecule has 8 heteroatoms. The van der Waals surface area contributed by atoms with Gasteiger partial charge in [-0.25, -0.2) is 4.79 Å². The summed E-state index contributed by atoms with van der Waals surface area (Å²) in [5, 5.41) is 11.1. The molecule has 22 heavy (non-hydrogen) atoms. The number of carbonyl (C=O) groups is 2. The van der Waals surface area contributed by atoms with Gasteiger partial charge in [0.15, 0.2) is 6.61 Å². The second kappa shape index (κ2) is 6.44. The Labute approximate surface area is 125 Å². The first-order chi connectivity index (χ1) is 10.5. The average molecular weight is 302 g/mol. The van der Waals surface area contributed by atoms with Gasteiger partial charge in [0.05, 0.1) is 5.69 Å². The van der Waals surface area contributed by atoms with Gasteiger partial charge in [0.25, 0.3) is 5.91 Å². The zero-order valence-electron chi connectivity index (χ0n) is 11.4. The predicted octanol–water partition coefficient (Wildman–Crippen LogP) is 0.962. The number of nitrogens with one attached hydrogen (secondary N) is 1. The summed E-state index contributed by atoms with van der Waals surface area (Å²) in [6, 6.07) is 6.58. The number of aromatic nitrogens is 1. The van der Waals surface area contributed by atoms with E-state index in [1.54, 1.807) is 18.2 Å². The molecule has 0 saturated carbocycles. The molecule has 6 N–H and O–H groups in total. The van der Waals surface area contributed by atoms with Crippen molar-refractivity contribution in [1.82, 2.24) is 4.98 Å². The van der Waals surface area contributed by atoms with Crippen LogP contribution >= 0.6 is 0 Å². The largest absolute Gasteiger partial charge is 0.482 e. The molecule has 2 heterocycles. The minimum atomic E-state index is -1.05. The minimum absolute atomic E-state index is 0.0440. The highest BCUT2D eigenvalue weighted by Crippen LogP contribution is 2.29. The zero-order valence-corrected chi connectivity index (χ0v) is 11.4. The average Bonchev–Trinajstić information content (AvgIpc) is 2.48. The third-order valence-corrected chi connectivity index (χ3v) is 2.72. The Balaban J connectivity index is 0.000000164. The van der Waals surface area contributed by atoms with Crippen LogP contribution in [0.5, 0.6) is 5.75 Å². The van der Waals surface area contributed by atoms with Crippen molar-refractivity contribution in [3.8, 4) is 5.75 Å². The van der Waals surface area contributed by atoms with Crippen molar-refractivity contribution in [3.05, 3.63) is 42.2 Å². The minimum Gasteiger partial charge on any atom is -0.482 e. The van der Waals surface area contributed by atoms with E-state index in [4.69, 9.17) is 21.3 Å². The molecule has 114 valence electrons. The lowest BCUT2D eigenvalue weighted by atomic mass is 10.2. The number of hydrogen-bond acceptors (Lipinski definition) is 6. The summed E-state index contributed by atoms with van der Waals surface area (Å²) in [5.74, 6) is -0.549. The predicted molar refractivity (Wildman–Crippen MR) is 80.6 cm³/mol. The molecule has 3 rings (SSSR count). The van der Waals surface area contributed by atoms with Crippen LogP contribution in [-0.4, -0.2) is 28.6 Å². The van der Waals surface area contributed by atoms with Gasteiger partial charge in [0.2, 0.25) is 0 Å². The van der Waals surface area contributed by atoms with Crippen molar-refractivity contribution in [3.63, 3.8) is 0 Å². The molecular weight excluding hydrogens is 288 g/mol. The zero-order chi connectivity index (χ0) is 16.1. The summed E-state index contributed by atoms with van der Waals surface area (Å²) in [4.78, 5) is 24.8. The number of ether oxygens (including phenoxy) is 1. The number of carboxylic acids is 1. The molecule has 1 amide bonds. The highest BCUT2D eigenvalue weighted by molar-refractivity contribution is 5.95. The van der Waals surface area contributed by atoms with Crippen molar-refractivity contribution in [2.75, 3.05) is 23.4 Å². The molecule has 0 fully saturated rings. The monoisotopic (exact) mass is 302 g/mol. The van der Waals surface area contributed by atoms with Crippen LogP contribution in [0.3, 0.4) is 0 Å². The number of carbonyl (C=O) groups excluding carboxylic acids is 1. The molecular formula is C14H14N4O4. The van der Waals surface area contributed by atoms with Crippen LogP contribution in [0.4, 0.5) is 17.1 Å². The standard InChI is InChI=1S/C8H8N2O2.C6H6N2O2/c9-5-1-2-6-7(3-5)12-4-8(11)10-6;7-5-1-2-8-3-4(5)6(9)10/h1-3H,4,9H2,(H,10,11);1-3H,(H2,7,8)(H,9,10). The fourth-order valence-corrected chi connectivity index (χ4v) is 1.68. The smallest absolute Gasteiger partial charge is 0.339 e. The molecule has 0 atom stereocenters. The van der Waals surface area contributed by atoms with Gasteiger partial charge < -0.3 is 26.6 Å². The van der Waals surface area contributed by atoms with E-state index < -0.39 is 5.97 Å². The van der Waals surface area contributed by atoms with Crippen LogP contribution < -0.4 is 21.5 Å². The van der Waals surface area contributed by atoms with Gasteiger partial charge in [-0.2, -0.15) is 0 Å². The fourth-order valence-electron chi connectivity index (χ4n) is 1.68. The van der Waals surface area contributed by atoms with Crippen LogP contribution in [0.2, 0.25) is 0 Å². The molecule has 2 aromatic rings. The van der Waals surface area contributed by atoms with Crippen LogP contribution in [0.15, 0.2) is 36.7 Å². The molecule has 0 saturated heterocycles. The van der Waals surface area contributed by atoms with E-state index in [0.29, 0.717) is 17.1 Å². The van der Waals surface area contributed by atoms with E-state index in [0.717, 1.165) is 0 Å². The number of nitrogens with two attached hydrogens (primary N) is 2. The van der Waals surface area contributed by atoms with Gasteiger partial charge in [-0.05, 0) is 18.2 Å². The number of benzene rings is 1. The summed E-state index contributed by atoms with van der Waals surface area (Å²) < 4.78 is 5.12. The van der Waals surface area contributed by atoms with E-state index >= 15 is 0 Å². The molecule has 0 aliphatic carbocycles. The molecule has 1 aliphatic rings. The SMILES string of the molecule is Nc1ccc2c(c1)OCC(=O)N2.Nc1ccncc1C(=O)O. The highest BCUT2D eigenvalue weighted by atomic mass is 16.5. The summed E-state index contributed by atoms with van der Waals surface area (Å²) in [7, 11) is 0. The topological polar surface area (TPSA) is 141 Å². The number of nitrogens with zero attached hydrogens (tertiary/aromatic N) is 1. The lowest BCUT2D eigenvalue weighted by Crippen LogP contribution is -2.25. The Morgan fingerprint density at radius 2 is 2.09 bits per heavy atom. The van der Waals surface area contributed by atoms with E-state index in [2.05, 4.69) is 10.3 Å². The molecule has 0 unspecified atom stereocenters. The van der Waals surface area contributed by atoms with Gasteiger partial charge in [0.1, 0.15) is 11.3 Å². The fraction of sp³-hybridized carbons (Fsp3) is 0.0714. The number of hydrogen-bond donors (Lipinski definition) is 4. The maximum atomic E-state index is 10.8. The second-order valence-corrected chi connectivity index (χ2v) is 4.36. The van der Waals surface area contributed by atoms with Gasteiger partial charge in [-0.3, -0.25) is 9.78 Å². The molecule has 1 aromatic heterocycles. The Kier molecular flexibility index (Phi) is 4.42. The van der Waals surface area contributed by atoms with Crippen LogP contribution in [0.25, 0.3) is 0 Å². The van der Waals surface area contributed by atoms with Gasteiger partial charge in [-0.1, -0.05) is 0 Å². The number of anilines is 3. The number of nitrogen functional groups attached to an aromatic ring is 2. The summed E-state index contributed by atoms with van der Waals surface area (Å²) in [5.41, 5.74) is 12.4. The molecule has 1 aromatic carbocycles. The molecule has 0 bridgehead atoms. The van der Waals surface area contributed by atoms with Gasteiger partial charge in [0, 0.05) is 29.8 Å². The number of carboxylic acid groups (broad SMARTS) is 1. The number of pyridine rings is 1. The number of rotatable bonds is 1. The van der Waals surface area contributed by atoms with E-state index in [1.807, 2.05) is 0 Å². The summed E-state index contributed by atoms with van der Waals surface area (Å²) in [6.45, 7) is 0.0659. The van der Waals surface area contributed by atoms with E-state index in [1.165, 1.54) is 18.5 Å². The Morgan fingerprint density at radius 1 is 1.32 bits per heavy atom. The number of fused-ring (bicyclic) bond motifs is 1. The maximum absolute atomic E-state index is 10.8. The Morgan fingerprint density at radius 3 is 2.73 bits per heavy atom. The first kappa shape index (κ1) is 15.1. The summed E-state index contributed by atoms with van der Waals surface area (Å²) >= 11 is 0. The Bertz CT molecular complexity index is 718. The lowest BCUT2D eigenvalue weighted by Gasteiger charge is -2.17. The maximum Gasteiger partial charge on any atom is 0.339 e. The first-order valence-electron chi connectivity index (χ1n) is 6.22. The van der Waals surface area contributed by atoms with Crippen molar-refractivity contribution in [2.45, 2.75) is 0 Å². The Hall–Kier alpha value is -3.29. The number of amides is 1. The van der Waals surface area contributed by atoms with Gasteiger partial charge in [-0.15, -0.1) is 0 Å². The van der Waals surface area contributed by atoms with E-state index in [-0.39, 0.29) is 23.8 Å². The highest BCUT2D eigenvalue weighted by Gasteiger charge is 2.14. The van der Waals surface area contributed by atoms with Crippen LogP contribution in [0, 0.1) is 0 Å². The lowest BCUT2D eigenvalue weighted by molar-refractivity contribution is -0.118. The van der Waals surface area contributed by atoms with Crippen molar-refractivity contribution >= 4 is 28.9 Å². The second-order valence-electron chi connectivity index (χ2n) is 4.36. The third-order valence-electron chi connectivity index (χ3n) is 2.72. The summed E-state index contributed by atoms with van der Waals surface area (Å²) in [6.07, 6.45) is 2.67. The number of aromatic carboxylic acids is 1.